The molecule has 7 nitrogen and oxygen atoms in total. The molecule has 1 aromatic carbocycles. The zero-order chi connectivity index (χ0) is 15.3. The number of amides is 2. The van der Waals surface area contributed by atoms with Crippen LogP contribution in [0.4, 0.5) is 4.79 Å². The van der Waals surface area contributed by atoms with Crippen molar-refractivity contribution in [3.63, 3.8) is 0 Å². The molecule has 0 aliphatic rings. The number of aromatic nitrogens is 2. The second kappa shape index (κ2) is 6.08. The van der Waals surface area contributed by atoms with Crippen LogP contribution < -0.4 is 10.6 Å². The normalized spacial score (nSPS) is 13.2. The molecule has 0 radical (unpaired) electrons. The summed E-state index contributed by atoms with van der Waals surface area (Å²) >= 11 is 0. The first-order valence-electron chi connectivity index (χ1n) is 6.35. The van der Waals surface area contributed by atoms with Gasteiger partial charge in [0.1, 0.15) is 5.82 Å². The summed E-state index contributed by atoms with van der Waals surface area (Å²) in [7, 11) is 0. The summed E-state index contributed by atoms with van der Waals surface area (Å²) in [5, 5.41) is 14.5. The van der Waals surface area contributed by atoms with Crippen LogP contribution in [0.5, 0.6) is 0 Å². The van der Waals surface area contributed by atoms with Gasteiger partial charge in [-0.05, 0) is 12.5 Å². The molecule has 1 atom stereocenters. The monoisotopic (exact) mass is 288 g/mol. The van der Waals surface area contributed by atoms with E-state index in [0.717, 1.165) is 0 Å². The van der Waals surface area contributed by atoms with E-state index < -0.39 is 17.5 Å². The quantitative estimate of drug-likeness (QED) is 0.663. The fraction of sp³-hybridized carbons (Fsp3) is 0.214. The fourth-order valence-corrected chi connectivity index (χ4v) is 1.85. The number of aromatic amines is 1. The molecule has 2 rings (SSSR count). The Morgan fingerprint density at radius 1 is 1.33 bits per heavy atom. The average molecular weight is 288 g/mol. The number of nitrogens with zero attached hydrogens (tertiary/aromatic N) is 1. The zero-order valence-corrected chi connectivity index (χ0v) is 11.5. The fourth-order valence-electron chi connectivity index (χ4n) is 1.85. The number of carboxylic acid groups (broad SMARTS) is 1. The summed E-state index contributed by atoms with van der Waals surface area (Å²) in [6, 6.07) is 7.95. The van der Waals surface area contributed by atoms with Crippen LogP contribution in [0, 0.1) is 0 Å². The van der Waals surface area contributed by atoms with Gasteiger partial charge in [-0.25, -0.2) is 14.6 Å². The lowest BCUT2D eigenvalue weighted by atomic mass is 9.92. The lowest BCUT2D eigenvalue weighted by molar-refractivity contribution is -0.144. The van der Waals surface area contributed by atoms with E-state index in [1.807, 2.05) is 0 Å². The van der Waals surface area contributed by atoms with Gasteiger partial charge in [0, 0.05) is 12.4 Å². The van der Waals surface area contributed by atoms with Gasteiger partial charge in [0.15, 0.2) is 5.54 Å². The number of carbonyl (C=O) groups excluding carboxylic acids is 1. The van der Waals surface area contributed by atoms with Gasteiger partial charge in [0.25, 0.3) is 0 Å². The van der Waals surface area contributed by atoms with E-state index in [0.29, 0.717) is 11.4 Å². The molecule has 1 heterocycles. The third-order valence-corrected chi connectivity index (χ3v) is 3.11. The molecule has 2 aromatic rings. The number of urea groups is 1. The molecule has 21 heavy (non-hydrogen) atoms. The Bertz CT molecular complexity index is 612. The van der Waals surface area contributed by atoms with Crippen molar-refractivity contribution in [2.75, 3.05) is 0 Å². The van der Waals surface area contributed by atoms with Crippen molar-refractivity contribution in [2.45, 2.75) is 19.0 Å². The molecule has 0 fully saturated rings. The molecule has 0 saturated carbocycles. The van der Waals surface area contributed by atoms with Crippen LogP contribution in [-0.2, 0) is 16.9 Å². The van der Waals surface area contributed by atoms with Crippen molar-refractivity contribution in [1.82, 2.24) is 20.6 Å². The van der Waals surface area contributed by atoms with Gasteiger partial charge in [0.2, 0.25) is 0 Å². The first-order chi connectivity index (χ1) is 10.0. The Hall–Kier alpha value is -2.83. The molecule has 7 heteroatoms. The molecule has 0 bridgehead atoms. The summed E-state index contributed by atoms with van der Waals surface area (Å²) in [5.74, 6) is -0.552. The van der Waals surface area contributed by atoms with Crippen LogP contribution in [0.2, 0.25) is 0 Å². The highest BCUT2D eigenvalue weighted by molar-refractivity contribution is 5.87. The van der Waals surface area contributed by atoms with Crippen LogP contribution in [0.1, 0.15) is 18.3 Å². The number of imidazole rings is 1. The highest BCUT2D eigenvalue weighted by Crippen LogP contribution is 2.20. The van der Waals surface area contributed by atoms with Crippen molar-refractivity contribution in [3.05, 3.63) is 54.1 Å². The van der Waals surface area contributed by atoms with Gasteiger partial charge >= 0.3 is 12.0 Å². The Balaban J connectivity index is 2.06. The number of rotatable bonds is 5. The van der Waals surface area contributed by atoms with E-state index in [-0.39, 0.29) is 6.54 Å². The van der Waals surface area contributed by atoms with Crippen LogP contribution >= 0.6 is 0 Å². The molecule has 4 N–H and O–H groups in total. The maximum Gasteiger partial charge on any atom is 0.333 e. The third kappa shape index (κ3) is 3.38. The van der Waals surface area contributed by atoms with E-state index in [2.05, 4.69) is 20.6 Å². The van der Waals surface area contributed by atoms with Gasteiger partial charge in [-0.2, -0.15) is 0 Å². The second-order valence-corrected chi connectivity index (χ2v) is 4.64. The summed E-state index contributed by atoms with van der Waals surface area (Å²) in [5.41, 5.74) is -1.01. The van der Waals surface area contributed by atoms with Crippen molar-refractivity contribution in [1.29, 1.82) is 0 Å². The molecule has 110 valence electrons. The minimum absolute atomic E-state index is 0.184. The molecule has 1 aromatic heterocycles. The second-order valence-electron chi connectivity index (χ2n) is 4.64. The maximum absolute atomic E-state index is 11.9. The summed E-state index contributed by atoms with van der Waals surface area (Å²) in [4.78, 5) is 30.2. The van der Waals surface area contributed by atoms with Crippen molar-refractivity contribution >= 4 is 12.0 Å². The molecular weight excluding hydrogens is 272 g/mol. The predicted molar refractivity (Wildman–Crippen MR) is 75.4 cm³/mol. The molecule has 0 aliphatic carbocycles. The molecule has 1 unspecified atom stereocenters. The molecule has 2 amide bonds. The highest BCUT2D eigenvalue weighted by Gasteiger charge is 2.36. The van der Waals surface area contributed by atoms with Crippen molar-refractivity contribution < 1.29 is 14.7 Å². The summed E-state index contributed by atoms with van der Waals surface area (Å²) in [6.07, 6.45) is 3.21. The topological polar surface area (TPSA) is 107 Å². The molecule has 0 saturated heterocycles. The number of hydrogen-bond donors (Lipinski definition) is 4. The predicted octanol–water partition coefficient (Wildman–Crippen LogP) is 1.21. The van der Waals surface area contributed by atoms with Crippen LogP contribution in [0.15, 0.2) is 42.7 Å². The highest BCUT2D eigenvalue weighted by atomic mass is 16.4. The third-order valence-electron chi connectivity index (χ3n) is 3.11. The largest absolute Gasteiger partial charge is 0.479 e. The van der Waals surface area contributed by atoms with Gasteiger partial charge in [-0.1, -0.05) is 30.3 Å². The van der Waals surface area contributed by atoms with Crippen molar-refractivity contribution in [3.8, 4) is 0 Å². The van der Waals surface area contributed by atoms with Gasteiger partial charge in [-0.15, -0.1) is 0 Å². The SMILES string of the molecule is CC(NC(=O)NCc1ncc[nH]1)(C(=O)O)c1ccccc1. The first kappa shape index (κ1) is 14.6. The average Bonchev–Trinajstić information content (AvgIpc) is 2.99. The van der Waals surface area contributed by atoms with E-state index >= 15 is 0 Å². The number of hydrogen-bond acceptors (Lipinski definition) is 3. The lowest BCUT2D eigenvalue weighted by Crippen LogP contribution is -2.52. The van der Waals surface area contributed by atoms with Gasteiger partial charge < -0.3 is 20.7 Å². The number of nitrogens with one attached hydrogen (secondary N) is 3. The van der Waals surface area contributed by atoms with E-state index in [9.17, 15) is 14.7 Å². The van der Waals surface area contributed by atoms with Crippen molar-refractivity contribution in [2.24, 2.45) is 0 Å². The Labute approximate surface area is 121 Å². The minimum Gasteiger partial charge on any atom is -0.479 e. The summed E-state index contributed by atoms with van der Waals surface area (Å²) in [6.45, 7) is 1.63. The Morgan fingerprint density at radius 2 is 2.05 bits per heavy atom. The molecular formula is C14H16N4O3. The van der Waals surface area contributed by atoms with E-state index in [4.69, 9.17) is 0 Å². The number of benzene rings is 1. The minimum atomic E-state index is -1.51. The smallest absolute Gasteiger partial charge is 0.333 e. The molecule has 0 spiro atoms. The number of H-pyrrole nitrogens is 1. The van der Waals surface area contributed by atoms with E-state index in [1.54, 1.807) is 42.7 Å². The maximum atomic E-state index is 11.9. The first-order valence-corrected chi connectivity index (χ1v) is 6.35. The van der Waals surface area contributed by atoms with Gasteiger partial charge in [0.05, 0.1) is 6.54 Å². The number of aliphatic carboxylic acids is 1. The van der Waals surface area contributed by atoms with Crippen LogP contribution in [0.3, 0.4) is 0 Å². The standard InChI is InChI=1S/C14H16N4O3/c1-14(12(19)20,10-5-3-2-4-6-10)18-13(21)17-9-11-15-7-8-16-11/h2-8H,9H2,1H3,(H,15,16)(H,19,20)(H2,17,18,21). The Kier molecular flexibility index (Phi) is 4.22. The van der Waals surface area contributed by atoms with Crippen LogP contribution in [-0.4, -0.2) is 27.1 Å². The van der Waals surface area contributed by atoms with Gasteiger partial charge in [-0.3, -0.25) is 0 Å². The van der Waals surface area contributed by atoms with E-state index in [1.165, 1.54) is 6.92 Å². The zero-order valence-electron chi connectivity index (χ0n) is 11.5. The molecule has 0 aliphatic heterocycles. The Morgan fingerprint density at radius 3 is 2.62 bits per heavy atom. The van der Waals surface area contributed by atoms with Crippen LogP contribution in [0.25, 0.3) is 0 Å². The number of carbonyl (C=O) groups is 2. The number of carboxylic acids is 1. The summed E-state index contributed by atoms with van der Waals surface area (Å²) < 4.78 is 0. The lowest BCUT2D eigenvalue weighted by Gasteiger charge is -2.26.